The molecule has 1 fully saturated rings. The molecule has 1 saturated carbocycles. The van der Waals surface area contributed by atoms with Crippen molar-refractivity contribution in [3.8, 4) is 0 Å². The third-order valence-corrected chi connectivity index (χ3v) is 3.22. The van der Waals surface area contributed by atoms with Crippen LogP contribution in [0.15, 0.2) is 10.8 Å². The number of aryl methyl sites for hydroxylation is 1. The molecular weight excluding hydrogens is 168 g/mol. The van der Waals surface area contributed by atoms with Crippen LogP contribution in [0.4, 0.5) is 0 Å². The lowest BCUT2D eigenvalue weighted by Crippen LogP contribution is -1.94. The van der Waals surface area contributed by atoms with E-state index in [1.807, 2.05) is 0 Å². The summed E-state index contributed by atoms with van der Waals surface area (Å²) in [6, 6.07) is 0. The van der Waals surface area contributed by atoms with Crippen molar-refractivity contribution in [1.82, 2.24) is 9.55 Å². The predicted molar refractivity (Wildman–Crippen MR) is 50.6 cm³/mol. The minimum atomic E-state index is 0.757. The van der Waals surface area contributed by atoms with Gasteiger partial charge in [0, 0.05) is 23.7 Å². The summed E-state index contributed by atoms with van der Waals surface area (Å²) in [7, 11) is 2.12. The Balaban J connectivity index is 2.29. The normalized spacial score (nSPS) is 17.4. The van der Waals surface area contributed by atoms with Crippen LogP contribution in [0, 0.1) is 0 Å². The van der Waals surface area contributed by atoms with E-state index in [1.54, 1.807) is 11.3 Å². The van der Waals surface area contributed by atoms with E-state index in [4.69, 9.17) is 0 Å². The number of hydrogen-bond acceptors (Lipinski definition) is 2. The van der Waals surface area contributed by atoms with Gasteiger partial charge in [-0.2, -0.15) is 0 Å². The van der Waals surface area contributed by atoms with Gasteiger partial charge in [-0.15, -0.1) is 11.3 Å². The van der Waals surface area contributed by atoms with Crippen LogP contribution in [0.2, 0.25) is 0 Å². The van der Waals surface area contributed by atoms with Crippen LogP contribution < -0.4 is 0 Å². The molecule has 1 aliphatic carbocycles. The maximum atomic E-state index is 4.61. The Morgan fingerprint density at radius 3 is 3.00 bits per heavy atom. The first-order valence-electron chi connectivity index (χ1n) is 4.25. The van der Waals surface area contributed by atoms with Crippen molar-refractivity contribution >= 4 is 22.4 Å². The molecule has 3 rings (SSSR count). The molecule has 0 saturated heterocycles. The monoisotopic (exact) mass is 178 g/mol. The largest absolute Gasteiger partial charge is 0.330 e. The molecule has 2 aromatic heterocycles. The SMILES string of the molecule is Cn1c(C2CC2)nc2cscc21. The lowest BCUT2D eigenvalue weighted by Gasteiger charge is -1.97. The molecule has 2 aromatic rings. The summed E-state index contributed by atoms with van der Waals surface area (Å²) in [6.07, 6.45) is 2.66. The van der Waals surface area contributed by atoms with Gasteiger partial charge in [0.05, 0.1) is 11.0 Å². The molecule has 0 radical (unpaired) electrons. The lowest BCUT2D eigenvalue weighted by molar-refractivity contribution is 0.820. The van der Waals surface area contributed by atoms with Crippen LogP contribution in [-0.4, -0.2) is 9.55 Å². The molecule has 0 spiro atoms. The van der Waals surface area contributed by atoms with Crippen LogP contribution in [0.5, 0.6) is 0 Å². The molecule has 0 amide bonds. The number of aromatic nitrogens is 2. The van der Waals surface area contributed by atoms with Gasteiger partial charge < -0.3 is 4.57 Å². The van der Waals surface area contributed by atoms with Gasteiger partial charge in [0.2, 0.25) is 0 Å². The van der Waals surface area contributed by atoms with Crippen LogP contribution >= 0.6 is 11.3 Å². The second-order valence-electron chi connectivity index (χ2n) is 3.45. The van der Waals surface area contributed by atoms with Gasteiger partial charge >= 0.3 is 0 Å². The highest BCUT2D eigenvalue weighted by molar-refractivity contribution is 7.09. The second kappa shape index (κ2) is 2.10. The number of thiophene rings is 1. The van der Waals surface area contributed by atoms with Crippen LogP contribution in [-0.2, 0) is 7.05 Å². The molecule has 0 aromatic carbocycles. The van der Waals surface area contributed by atoms with Crippen molar-refractivity contribution < 1.29 is 0 Å². The van der Waals surface area contributed by atoms with E-state index in [-0.39, 0.29) is 0 Å². The zero-order valence-corrected chi connectivity index (χ0v) is 7.77. The molecule has 12 heavy (non-hydrogen) atoms. The fraction of sp³-hybridized carbons (Fsp3) is 0.444. The maximum absolute atomic E-state index is 4.61. The van der Waals surface area contributed by atoms with E-state index in [2.05, 4.69) is 27.4 Å². The summed E-state index contributed by atoms with van der Waals surface area (Å²) in [5.74, 6) is 2.04. The first-order valence-corrected chi connectivity index (χ1v) is 5.19. The molecule has 2 nitrogen and oxygen atoms in total. The highest BCUT2D eigenvalue weighted by Crippen LogP contribution is 2.40. The zero-order chi connectivity index (χ0) is 8.13. The molecule has 0 aliphatic heterocycles. The van der Waals surface area contributed by atoms with Crippen molar-refractivity contribution in [1.29, 1.82) is 0 Å². The molecular formula is C9H10N2S. The highest BCUT2D eigenvalue weighted by atomic mass is 32.1. The molecule has 3 heteroatoms. The number of fused-ring (bicyclic) bond motifs is 1. The van der Waals surface area contributed by atoms with Gasteiger partial charge in [-0.3, -0.25) is 0 Å². The van der Waals surface area contributed by atoms with Crippen molar-refractivity contribution in [2.24, 2.45) is 7.05 Å². The minimum Gasteiger partial charge on any atom is -0.330 e. The number of hydrogen-bond donors (Lipinski definition) is 0. The Labute approximate surface area is 74.8 Å². The Morgan fingerprint density at radius 1 is 1.50 bits per heavy atom. The Morgan fingerprint density at radius 2 is 2.33 bits per heavy atom. The van der Waals surface area contributed by atoms with Crippen LogP contribution in [0.3, 0.4) is 0 Å². The summed E-state index contributed by atoms with van der Waals surface area (Å²) < 4.78 is 2.24. The van der Waals surface area contributed by atoms with Gasteiger partial charge in [0.15, 0.2) is 0 Å². The molecule has 2 heterocycles. The number of imidazole rings is 1. The average Bonchev–Trinajstić information content (AvgIpc) is 2.71. The standard InChI is InChI=1S/C9H10N2S/c1-11-8-5-12-4-7(8)10-9(11)6-2-3-6/h4-6H,2-3H2,1H3. The van der Waals surface area contributed by atoms with Crippen LogP contribution in [0.1, 0.15) is 24.6 Å². The van der Waals surface area contributed by atoms with Gasteiger partial charge in [0.1, 0.15) is 5.82 Å². The van der Waals surface area contributed by atoms with Crippen molar-refractivity contribution in [3.63, 3.8) is 0 Å². The van der Waals surface area contributed by atoms with E-state index in [0.717, 1.165) is 5.92 Å². The minimum absolute atomic E-state index is 0.757. The van der Waals surface area contributed by atoms with Gasteiger partial charge in [-0.05, 0) is 12.8 Å². The van der Waals surface area contributed by atoms with Crippen LogP contribution in [0.25, 0.3) is 11.0 Å². The Bertz CT molecular complexity index is 423. The summed E-state index contributed by atoms with van der Waals surface area (Å²) in [4.78, 5) is 4.61. The fourth-order valence-corrected chi connectivity index (χ4v) is 2.42. The zero-order valence-electron chi connectivity index (χ0n) is 6.95. The van der Waals surface area contributed by atoms with E-state index in [0.29, 0.717) is 0 Å². The van der Waals surface area contributed by atoms with E-state index in [1.165, 1.54) is 29.7 Å². The first-order chi connectivity index (χ1) is 5.86. The summed E-state index contributed by atoms with van der Waals surface area (Å²) in [6.45, 7) is 0. The molecule has 62 valence electrons. The summed E-state index contributed by atoms with van der Waals surface area (Å²) in [5.41, 5.74) is 2.46. The summed E-state index contributed by atoms with van der Waals surface area (Å²) in [5, 5.41) is 4.30. The number of nitrogens with zero attached hydrogens (tertiary/aromatic N) is 2. The quantitative estimate of drug-likeness (QED) is 0.656. The maximum Gasteiger partial charge on any atom is 0.112 e. The summed E-state index contributed by atoms with van der Waals surface area (Å²) >= 11 is 1.73. The predicted octanol–water partition coefficient (Wildman–Crippen LogP) is 2.51. The Kier molecular flexibility index (Phi) is 1.17. The Hall–Kier alpha value is -0.830. The third-order valence-electron chi connectivity index (χ3n) is 2.50. The first kappa shape index (κ1) is 6.66. The van der Waals surface area contributed by atoms with Crippen molar-refractivity contribution in [2.75, 3.05) is 0 Å². The smallest absolute Gasteiger partial charge is 0.112 e. The lowest BCUT2D eigenvalue weighted by atomic mass is 10.4. The number of rotatable bonds is 1. The molecule has 0 unspecified atom stereocenters. The van der Waals surface area contributed by atoms with Gasteiger partial charge in [-0.25, -0.2) is 4.98 Å². The van der Waals surface area contributed by atoms with E-state index in [9.17, 15) is 0 Å². The van der Waals surface area contributed by atoms with E-state index < -0.39 is 0 Å². The molecule has 0 N–H and O–H groups in total. The van der Waals surface area contributed by atoms with Crippen molar-refractivity contribution in [3.05, 3.63) is 16.6 Å². The second-order valence-corrected chi connectivity index (χ2v) is 4.19. The van der Waals surface area contributed by atoms with Crippen molar-refractivity contribution in [2.45, 2.75) is 18.8 Å². The molecule has 1 aliphatic rings. The topological polar surface area (TPSA) is 17.8 Å². The van der Waals surface area contributed by atoms with Gasteiger partial charge in [0.25, 0.3) is 0 Å². The highest BCUT2D eigenvalue weighted by Gasteiger charge is 2.28. The van der Waals surface area contributed by atoms with Gasteiger partial charge in [-0.1, -0.05) is 0 Å². The molecule has 0 atom stereocenters. The third kappa shape index (κ3) is 0.771. The molecule has 0 bridgehead atoms. The fourth-order valence-electron chi connectivity index (χ4n) is 1.65. The van der Waals surface area contributed by atoms with E-state index >= 15 is 0 Å². The average molecular weight is 178 g/mol.